The molecule has 0 atom stereocenters. The molecule has 1 aromatic carbocycles. The van der Waals surface area contributed by atoms with E-state index in [0.29, 0.717) is 5.17 Å². The van der Waals surface area contributed by atoms with Gasteiger partial charge in [0.05, 0.1) is 16.9 Å². The molecule has 0 unspecified atom stereocenters. The lowest BCUT2D eigenvalue weighted by molar-refractivity contribution is -0.385. The topological polar surface area (TPSA) is 120 Å². The highest BCUT2D eigenvalue weighted by Gasteiger charge is 2.15. The Balaban J connectivity index is 2.16. The summed E-state index contributed by atoms with van der Waals surface area (Å²) in [6.45, 7) is 0. The Bertz CT molecular complexity index is 599. The Morgan fingerprint density at radius 3 is 2.89 bits per heavy atom. The number of nitro benzene ring substituents is 1. The summed E-state index contributed by atoms with van der Waals surface area (Å²) < 4.78 is 0. The second-order valence-electron chi connectivity index (χ2n) is 3.47. The summed E-state index contributed by atoms with van der Waals surface area (Å²) in [5.41, 5.74) is -0.134. The van der Waals surface area contributed by atoms with Gasteiger partial charge in [0.15, 0.2) is 5.17 Å². The largest absolute Gasteiger partial charge is 0.872 e. The van der Waals surface area contributed by atoms with Gasteiger partial charge in [-0.25, -0.2) is 0 Å². The SMILES string of the molecule is O=C1CS/C(=N\N=C/c2cc([N+](=O)[O-])ccc2[O-])N1. The fraction of sp³-hybridized carbons (Fsp3) is 0.100. The van der Waals surface area contributed by atoms with Gasteiger partial charge in [0.1, 0.15) is 0 Å². The molecular weight excluding hydrogens is 272 g/mol. The predicted molar refractivity (Wildman–Crippen MR) is 68.2 cm³/mol. The van der Waals surface area contributed by atoms with Crippen LogP contribution in [0.15, 0.2) is 28.4 Å². The lowest BCUT2D eigenvalue weighted by Crippen LogP contribution is -2.19. The zero-order valence-corrected chi connectivity index (χ0v) is 10.2. The van der Waals surface area contributed by atoms with Crippen molar-refractivity contribution in [3.8, 4) is 5.75 Å². The first-order valence-electron chi connectivity index (χ1n) is 5.05. The zero-order valence-electron chi connectivity index (χ0n) is 9.40. The summed E-state index contributed by atoms with van der Waals surface area (Å²) in [5, 5.41) is 32.1. The highest BCUT2D eigenvalue weighted by Crippen LogP contribution is 2.19. The number of non-ortho nitro benzene ring substituents is 1. The normalized spacial score (nSPS) is 17.1. The molecule has 1 saturated heterocycles. The number of nitrogens with zero attached hydrogens (tertiary/aromatic N) is 3. The van der Waals surface area contributed by atoms with Crippen molar-refractivity contribution in [2.75, 3.05) is 5.75 Å². The number of carbonyl (C=O) groups excluding carboxylic acids is 1. The second-order valence-corrected chi connectivity index (χ2v) is 4.43. The smallest absolute Gasteiger partial charge is 0.270 e. The molecule has 1 heterocycles. The van der Waals surface area contributed by atoms with E-state index in [4.69, 9.17) is 0 Å². The van der Waals surface area contributed by atoms with Gasteiger partial charge in [-0.1, -0.05) is 23.6 Å². The van der Waals surface area contributed by atoms with Gasteiger partial charge in [-0.3, -0.25) is 14.9 Å². The first-order valence-corrected chi connectivity index (χ1v) is 6.04. The third-order valence-electron chi connectivity index (χ3n) is 2.14. The Hall–Kier alpha value is -2.42. The monoisotopic (exact) mass is 279 g/mol. The Morgan fingerprint density at radius 2 is 2.26 bits per heavy atom. The van der Waals surface area contributed by atoms with Crippen molar-refractivity contribution in [2.24, 2.45) is 10.2 Å². The average molecular weight is 279 g/mol. The number of amides is 1. The molecule has 0 aromatic heterocycles. The Morgan fingerprint density at radius 1 is 1.47 bits per heavy atom. The number of rotatable bonds is 3. The van der Waals surface area contributed by atoms with Crippen LogP contribution < -0.4 is 10.4 Å². The molecule has 1 aliphatic heterocycles. The molecule has 1 N–H and O–H groups in total. The quantitative estimate of drug-likeness (QED) is 0.482. The van der Waals surface area contributed by atoms with E-state index in [0.717, 1.165) is 24.4 Å². The molecule has 1 aromatic rings. The van der Waals surface area contributed by atoms with Gasteiger partial charge < -0.3 is 10.4 Å². The number of nitrogens with one attached hydrogen (secondary N) is 1. The second kappa shape index (κ2) is 5.48. The number of thioether (sulfide) groups is 1. The van der Waals surface area contributed by atoms with E-state index in [9.17, 15) is 20.0 Å². The van der Waals surface area contributed by atoms with Crippen molar-refractivity contribution in [1.82, 2.24) is 5.32 Å². The van der Waals surface area contributed by atoms with Crippen molar-refractivity contribution in [3.63, 3.8) is 0 Å². The maximum absolute atomic E-state index is 11.4. The number of nitro groups is 1. The van der Waals surface area contributed by atoms with E-state index in [1.54, 1.807) is 0 Å². The third kappa shape index (κ3) is 3.28. The molecule has 2 rings (SSSR count). The van der Waals surface area contributed by atoms with Crippen molar-refractivity contribution >= 4 is 34.7 Å². The van der Waals surface area contributed by atoms with E-state index in [1.807, 2.05) is 0 Å². The fourth-order valence-corrected chi connectivity index (χ4v) is 1.90. The maximum Gasteiger partial charge on any atom is 0.270 e. The molecule has 0 aliphatic carbocycles. The Kier molecular flexibility index (Phi) is 3.76. The van der Waals surface area contributed by atoms with Crippen molar-refractivity contribution in [2.45, 2.75) is 0 Å². The van der Waals surface area contributed by atoms with Crippen LogP contribution >= 0.6 is 11.8 Å². The number of hydrogen-bond donors (Lipinski definition) is 1. The van der Waals surface area contributed by atoms with Crippen LogP contribution in [0.2, 0.25) is 0 Å². The summed E-state index contributed by atoms with van der Waals surface area (Å²) in [6, 6.07) is 3.34. The average Bonchev–Trinajstić information content (AvgIpc) is 2.77. The first-order chi connectivity index (χ1) is 9.06. The minimum absolute atomic E-state index is 0.0628. The Labute approximate surface area is 111 Å². The standard InChI is InChI=1S/C10H8N4O4S/c15-8-2-1-7(14(17)18)3-6(8)4-11-13-10-12-9(16)5-19-10/h1-4,15H,5H2,(H,12,13,16)/p-1/b11-4-. The molecular formula is C10H7N4O4S-. The lowest BCUT2D eigenvalue weighted by atomic mass is 10.2. The number of amidine groups is 1. The van der Waals surface area contributed by atoms with E-state index in [-0.39, 0.29) is 22.9 Å². The van der Waals surface area contributed by atoms with Crippen molar-refractivity contribution in [3.05, 3.63) is 33.9 Å². The van der Waals surface area contributed by atoms with E-state index < -0.39 is 10.7 Å². The zero-order chi connectivity index (χ0) is 13.8. The molecule has 0 bridgehead atoms. The van der Waals surface area contributed by atoms with Crippen LogP contribution in [0.25, 0.3) is 0 Å². The van der Waals surface area contributed by atoms with Gasteiger partial charge in [0.2, 0.25) is 5.91 Å². The van der Waals surface area contributed by atoms with Crippen LogP contribution in [0.4, 0.5) is 5.69 Å². The number of benzene rings is 1. The van der Waals surface area contributed by atoms with Crippen LogP contribution in [0.5, 0.6) is 5.75 Å². The molecule has 9 heteroatoms. The van der Waals surface area contributed by atoms with E-state index >= 15 is 0 Å². The minimum atomic E-state index is -0.601. The molecule has 98 valence electrons. The summed E-state index contributed by atoms with van der Waals surface area (Å²) in [4.78, 5) is 20.8. The molecule has 1 aliphatic rings. The molecule has 8 nitrogen and oxygen atoms in total. The summed E-state index contributed by atoms with van der Waals surface area (Å²) in [6.07, 6.45) is 1.12. The van der Waals surface area contributed by atoms with Gasteiger partial charge in [-0.15, -0.1) is 5.10 Å². The third-order valence-corrected chi connectivity index (χ3v) is 3.00. The molecule has 0 radical (unpaired) electrons. The lowest BCUT2D eigenvalue weighted by Gasteiger charge is -2.07. The van der Waals surface area contributed by atoms with Crippen molar-refractivity contribution < 1.29 is 14.8 Å². The highest BCUT2D eigenvalue weighted by molar-refractivity contribution is 8.15. The van der Waals surface area contributed by atoms with E-state index in [2.05, 4.69) is 15.5 Å². The van der Waals surface area contributed by atoms with Gasteiger partial charge in [-0.05, 0) is 5.56 Å². The number of hydrogen-bond acceptors (Lipinski definition) is 7. The first kappa shape index (κ1) is 13.0. The van der Waals surface area contributed by atoms with Crippen LogP contribution in [0.3, 0.4) is 0 Å². The summed E-state index contributed by atoms with van der Waals surface area (Å²) >= 11 is 1.19. The molecule has 1 amide bonds. The van der Waals surface area contributed by atoms with Gasteiger partial charge >= 0.3 is 0 Å². The van der Waals surface area contributed by atoms with Crippen LogP contribution in [0.1, 0.15) is 5.56 Å². The molecule has 1 fully saturated rings. The predicted octanol–water partition coefficient (Wildman–Crippen LogP) is 0.221. The van der Waals surface area contributed by atoms with Crippen LogP contribution in [-0.2, 0) is 4.79 Å². The molecule has 0 spiro atoms. The maximum atomic E-state index is 11.4. The van der Waals surface area contributed by atoms with Crippen LogP contribution in [-0.4, -0.2) is 28.0 Å². The number of carbonyl (C=O) groups is 1. The minimum Gasteiger partial charge on any atom is -0.872 e. The highest BCUT2D eigenvalue weighted by atomic mass is 32.2. The van der Waals surface area contributed by atoms with Crippen molar-refractivity contribution in [1.29, 1.82) is 0 Å². The molecule has 0 saturated carbocycles. The van der Waals surface area contributed by atoms with Gasteiger partial charge in [0.25, 0.3) is 5.69 Å². The summed E-state index contributed by atoms with van der Waals surface area (Å²) in [7, 11) is 0. The summed E-state index contributed by atoms with van der Waals surface area (Å²) in [5.74, 6) is -0.283. The van der Waals surface area contributed by atoms with Crippen LogP contribution in [0, 0.1) is 10.1 Å². The van der Waals surface area contributed by atoms with Gasteiger partial charge in [-0.2, -0.15) is 5.10 Å². The van der Waals surface area contributed by atoms with Gasteiger partial charge in [0, 0.05) is 12.1 Å². The van der Waals surface area contributed by atoms with E-state index in [1.165, 1.54) is 11.8 Å². The fourth-order valence-electron chi connectivity index (χ4n) is 1.27. The molecule has 19 heavy (non-hydrogen) atoms.